The number of hydrogen-bond acceptors (Lipinski definition) is 2. The van der Waals surface area contributed by atoms with Crippen molar-refractivity contribution in [2.45, 2.75) is 39.2 Å². The lowest BCUT2D eigenvalue weighted by Gasteiger charge is -2.04. The molecule has 0 aromatic carbocycles. The maximum atomic E-state index is 5.75. The van der Waals surface area contributed by atoms with Crippen LogP contribution < -0.4 is 11.1 Å². The maximum absolute atomic E-state index is 5.75. The molecule has 18 heavy (non-hydrogen) atoms. The molecule has 0 aliphatic heterocycles. The summed E-state index contributed by atoms with van der Waals surface area (Å²) in [4.78, 5) is 4.26. The van der Waals surface area contributed by atoms with Gasteiger partial charge in [0.1, 0.15) is 0 Å². The van der Waals surface area contributed by atoms with Gasteiger partial charge in [-0.2, -0.15) is 5.10 Å². The molecule has 3 N–H and O–H groups in total. The average Bonchev–Trinajstić information content (AvgIpc) is 2.72. The first-order valence-electron chi connectivity index (χ1n) is 6.23. The minimum Gasteiger partial charge on any atom is -0.370 e. The largest absolute Gasteiger partial charge is 0.370 e. The van der Waals surface area contributed by atoms with Gasteiger partial charge in [0.2, 0.25) is 0 Å². The number of halogens is 1. The SMILES string of the molecule is CCCCCCNC(N)=NCc1cnn(C)c1.I. The molecule has 0 spiro atoms. The van der Waals surface area contributed by atoms with Crippen LogP contribution in [0.4, 0.5) is 0 Å². The van der Waals surface area contributed by atoms with E-state index in [0.717, 1.165) is 18.5 Å². The van der Waals surface area contributed by atoms with E-state index in [-0.39, 0.29) is 24.0 Å². The van der Waals surface area contributed by atoms with Crippen molar-refractivity contribution in [1.29, 1.82) is 0 Å². The fourth-order valence-electron chi connectivity index (χ4n) is 1.55. The number of aromatic nitrogens is 2. The number of nitrogens with zero attached hydrogens (tertiary/aromatic N) is 3. The Bertz CT molecular complexity index is 348. The van der Waals surface area contributed by atoms with Crippen LogP contribution >= 0.6 is 24.0 Å². The van der Waals surface area contributed by atoms with Gasteiger partial charge >= 0.3 is 0 Å². The van der Waals surface area contributed by atoms with Crippen LogP contribution in [0, 0.1) is 0 Å². The summed E-state index contributed by atoms with van der Waals surface area (Å²) in [6.07, 6.45) is 8.69. The van der Waals surface area contributed by atoms with Crippen LogP contribution in [0.1, 0.15) is 38.2 Å². The highest BCUT2D eigenvalue weighted by Crippen LogP contribution is 1.98. The number of aryl methyl sites for hydroxylation is 1. The first kappa shape index (κ1) is 17.2. The average molecular weight is 365 g/mol. The lowest BCUT2D eigenvalue weighted by Crippen LogP contribution is -2.32. The van der Waals surface area contributed by atoms with Gasteiger partial charge in [0.15, 0.2) is 5.96 Å². The maximum Gasteiger partial charge on any atom is 0.188 e. The number of aliphatic imine (C=N–C) groups is 1. The minimum atomic E-state index is 0. The molecular formula is C12H24IN5. The highest BCUT2D eigenvalue weighted by atomic mass is 127. The molecule has 104 valence electrons. The van der Waals surface area contributed by atoms with Gasteiger partial charge in [0.05, 0.1) is 12.7 Å². The van der Waals surface area contributed by atoms with Crippen molar-refractivity contribution in [3.05, 3.63) is 18.0 Å². The Morgan fingerprint density at radius 2 is 2.22 bits per heavy atom. The van der Waals surface area contributed by atoms with E-state index < -0.39 is 0 Å². The molecule has 1 aromatic heterocycles. The summed E-state index contributed by atoms with van der Waals surface area (Å²) in [6.45, 7) is 3.70. The van der Waals surface area contributed by atoms with Gasteiger partial charge in [-0.3, -0.25) is 4.68 Å². The topological polar surface area (TPSA) is 68.2 Å². The van der Waals surface area contributed by atoms with Gasteiger partial charge in [-0.05, 0) is 6.42 Å². The number of guanidine groups is 1. The van der Waals surface area contributed by atoms with Crippen LogP contribution in [0.25, 0.3) is 0 Å². The van der Waals surface area contributed by atoms with Gasteiger partial charge in [-0.1, -0.05) is 26.2 Å². The standard InChI is InChI=1S/C12H23N5.HI/c1-3-4-5-6-7-14-12(13)15-8-11-9-16-17(2)10-11;/h9-10H,3-8H2,1-2H3,(H3,13,14,15);1H. The second kappa shape index (κ2) is 10.2. The second-order valence-corrected chi connectivity index (χ2v) is 4.21. The van der Waals surface area contributed by atoms with Crippen LogP contribution in [0.15, 0.2) is 17.4 Å². The first-order chi connectivity index (χ1) is 8.22. The zero-order chi connectivity index (χ0) is 12.5. The molecule has 1 heterocycles. The Kier molecular flexibility index (Phi) is 9.72. The minimum absolute atomic E-state index is 0. The summed E-state index contributed by atoms with van der Waals surface area (Å²) in [5.74, 6) is 0.519. The Labute approximate surface area is 126 Å². The van der Waals surface area contributed by atoms with Crippen LogP contribution in [0.5, 0.6) is 0 Å². The molecule has 0 radical (unpaired) electrons. The first-order valence-corrected chi connectivity index (χ1v) is 6.23. The highest BCUT2D eigenvalue weighted by Gasteiger charge is 1.95. The highest BCUT2D eigenvalue weighted by molar-refractivity contribution is 14.0. The van der Waals surface area contributed by atoms with Crippen LogP contribution in [0.3, 0.4) is 0 Å². The third-order valence-corrected chi connectivity index (χ3v) is 2.53. The van der Waals surface area contributed by atoms with Crippen molar-refractivity contribution >= 4 is 29.9 Å². The molecule has 5 nitrogen and oxygen atoms in total. The quantitative estimate of drug-likeness (QED) is 0.336. The van der Waals surface area contributed by atoms with Crippen molar-refractivity contribution in [2.75, 3.05) is 6.54 Å². The Morgan fingerprint density at radius 3 is 2.83 bits per heavy atom. The number of rotatable bonds is 7. The molecule has 6 heteroatoms. The number of nitrogens with two attached hydrogens (primary N) is 1. The molecule has 0 aliphatic carbocycles. The van der Waals surface area contributed by atoms with E-state index in [1.165, 1.54) is 19.3 Å². The summed E-state index contributed by atoms with van der Waals surface area (Å²) in [5.41, 5.74) is 6.83. The summed E-state index contributed by atoms with van der Waals surface area (Å²) < 4.78 is 1.76. The molecule has 0 fully saturated rings. The molecule has 0 amide bonds. The molecule has 0 aliphatic rings. The second-order valence-electron chi connectivity index (χ2n) is 4.21. The van der Waals surface area contributed by atoms with Crippen molar-refractivity contribution in [3.8, 4) is 0 Å². The van der Waals surface area contributed by atoms with Gasteiger partial charge < -0.3 is 11.1 Å². The predicted molar refractivity (Wildman–Crippen MR) is 86.1 cm³/mol. The molecule has 0 saturated carbocycles. The number of unbranched alkanes of at least 4 members (excludes halogenated alkanes) is 3. The summed E-state index contributed by atoms with van der Waals surface area (Å²) in [7, 11) is 1.89. The van der Waals surface area contributed by atoms with Crippen LogP contribution in [-0.4, -0.2) is 22.3 Å². The van der Waals surface area contributed by atoms with E-state index in [1.54, 1.807) is 10.9 Å². The lowest BCUT2D eigenvalue weighted by atomic mass is 10.2. The van der Waals surface area contributed by atoms with E-state index >= 15 is 0 Å². The zero-order valence-corrected chi connectivity index (χ0v) is 13.6. The van der Waals surface area contributed by atoms with E-state index in [0.29, 0.717) is 12.5 Å². The molecule has 0 bridgehead atoms. The lowest BCUT2D eigenvalue weighted by molar-refractivity contribution is 0.652. The normalized spacial score (nSPS) is 11.1. The molecular weight excluding hydrogens is 341 g/mol. The van der Waals surface area contributed by atoms with Crippen LogP contribution in [0.2, 0.25) is 0 Å². The molecule has 0 unspecified atom stereocenters. The fraction of sp³-hybridized carbons (Fsp3) is 0.667. The van der Waals surface area contributed by atoms with Gasteiger partial charge in [-0.15, -0.1) is 24.0 Å². The third-order valence-electron chi connectivity index (χ3n) is 2.53. The molecule has 1 rings (SSSR count). The Balaban J connectivity index is 0.00000289. The number of hydrogen-bond donors (Lipinski definition) is 2. The van der Waals surface area contributed by atoms with Gasteiger partial charge in [-0.25, -0.2) is 4.99 Å². The summed E-state index contributed by atoms with van der Waals surface area (Å²) in [5, 5.41) is 7.20. The van der Waals surface area contributed by atoms with Crippen LogP contribution in [-0.2, 0) is 13.6 Å². The Hall–Kier alpha value is -0.790. The monoisotopic (exact) mass is 365 g/mol. The molecule has 1 aromatic rings. The van der Waals surface area contributed by atoms with E-state index in [2.05, 4.69) is 22.3 Å². The smallest absolute Gasteiger partial charge is 0.188 e. The predicted octanol–water partition coefficient (Wildman–Crippen LogP) is 2.02. The molecule has 0 atom stereocenters. The molecule has 0 saturated heterocycles. The van der Waals surface area contributed by atoms with Gasteiger partial charge in [0, 0.05) is 25.4 Å². The summed E-state index contributed by atoms with van der Waals surface area (Å²) >= 11 is 0. The third kappa shape index (κ3) is 7.52. The van der Waals surface area contributed by atoms with Crippen molar-refractivity contribution < 1.29 is 0 Å². The fourth-order valence-corrected chi connectivity index (χ4v) is 1.55. The summed E-state index contributed by atoms with van der Waals surface area (Å²) in [6, 6.07) is 0. The van der Waals surface area contributed by atoms with Crippen molar-refractivity contribution in [3.63, 3.8) is 0 Å². The van der Waals surface area contributed by atoms with E-state index in [4.69, 9.17) is 5.73 Å². The van der Waals surface area contributed by atoms with E-state index in [9.17, 15) is 0 Å². The van der Waals surface area contributed by atoms with E-state index in [1.807, 2.05) is 13.2 Å². The number of nitrogens with one attached hydrogen (secondary N) is 1. The van der Waals surface area contributed by atoms with Crippen molar-refractivity contribution in [1.82, 2.24) is 15.1 Å². The Morgan fingerprint density at radius 1 is 1.44 bits per heavy atom. The van der Waals surface area contributed by atoms with Gasteiger partial charge in [0.25, 0.3) is 0 Å². The van der Waals surface area contributed by atoms with Crippen molar-refractivity contribution in [2.24, 2.45) is 17.8 Å². The zero-order valence-electron chi connectivity index (χ0n) is 11.2.